The van der Waals surface area contributed by atoms with Crippen molar-refractivity contribution in [3.8, 4) is 0 Å². The van der Waals surface area contributed by atoms with Crippen LogP contribution in [-0.4, -0.2) is 97.7 Å². The zero-order valence-electron chi connectivity index (χ0n) is 28.0. The molecule has 1 aromatic heterocycles. The number of benzene rings is 2. The molecule has 0 unspecified atom stereocenters. The Morgan fingerprint density at radius 2 is 1.74 bits per heavy atom. The number of hydrogen-bond acceptors (Lipinski definition) is 9. The van der Waals surface area contributed by atoms with Crippen LogP contribution in [-0.2, 0) is 30.8 Å². The Kier molecular flexibility index (Phi) is 12.9. The maximum Gasteiger partial charge on any atom is 0.413 e. The fourth-order valence-electron chi connectivity index (χ4n) is 4.98. The molecule has 3 rings (SSSR count). The number of fused-ring (bicyclic) bond motifs is 1. The summed E-state index contributed by atoms with van der Waals surface area (Å²) in [6.07, 6.45) is -1.85. The molecule has 3 amide bonds. The molecule has 0 fully saturated rings. The number of methoxy groups -OCH3 is 1. The van der Waals surface area contributed by atoms with Gasteiger partial charge in [-0.1, -0.05) is 65.0 Å². The number of aromatic nitrogens is 2. The number of ether oxygens (including phenoxy) is 1. The van der Waals surface area contributed by atoms with Gasteiger partial charge in [-0.05, 0) is 48.6 Å². The molecule has 0 saturated heterocycles. The van der Waals surface area contributed by atoms with Crippen LogP contribution in [0.15, 0.2) is 53.4 Å². The third kappa shape index (κ3) is 10.5. The van der Waals surface area contributed by atoms with Crippen molar-refractivity contribution in [1.82, 2.24) is 30.2 Å². The van der Waals surface area contributed by atoms with Crippen LogP contribution in [0.3, 0.4) is 0 Å². The predicted molar refractivity (Wildman–Crippen MR) is 181 cm³/mol. The van der Waals surface area contributed by atoms with Gasteiger partial charge in [0.2, 0.25) is 27.8 Å². The van der Waals surface area contributed by atoms with Crippen molar-refractivity contribution in [2.75, 3.05) is 39.1 Å². The highest BCUT2D eigenvalue weighted by molar-refractivity contribution is 7.89. The molecule has 47 heavy (non-hydrogen) atoms. The molecule has 0 aliphatic rings. The van der Waals surface area contributed by atoms with Gasteiger partial charge >= 0.3 is 6.09 Å². The fraction of sp³-hybridized carbons (Fsp3) is 0.500. The van der Waals surface area contributed by atoms with Gasteiger partial charge in [-0.15, -0.1) is 0 Å². The van der Waals surface area contributed by atoms with Crippen LogP contribution >= 0.6 is 0 Å². The second-order valence-corrected chi connectivity index (χ2v) is 14.8. The van der Waals surface area contributed by atoms with Gasteiger partial charge in [0.1, 0.15) is 6.04 Å². The van der Waals surface area contributed by atoms with Crippen LogP contribution in [0.2, 0.25) is 0 Å². The summed E-state index contributed by atoms with van der Waals surface area (Å²) in [5.41, 5.74) is 0.944. The molecule has 0 bridgehead atoms. The lowest BCUT2D eigenvalue weighted by Crippen LogP contribution is -2.59. The zero-order valence-corrected chi connectivity index (χ0v) is 28.8. The number of imidazole rings is 1. The van der Waals surface area contributed by atoms with Crippen molar-refractivity contribution in [3.63, 3.8) is 0 Å². The lowest BCUT2D eigenvalue weighted by molar-refractivity contribution is -0.132. The number of H-pyrrole nitrogens is 1. The minimum atomic E-state index is -4.16. The smallest absolute Gasteiger partial charge is 0.413 e. The Labute approximate surface area is 277 Å². The minimum Gasteiger partial charge on any atom is -0.453 e. The van der Waals surface area contributed by atoms with E-state index in [1.54, 1.807) is 7.05 Å². The van der Waals surface area contributed by atoms with Gasteiger partial charge in [-0.2, -0.15) is 4.31 Å². The summed E-state index contributed by atoms with van der Waals surface area (Å²) >= 11 is 0. The van der Waals surface area contributed by atoms with Gasteiger partial charge < -0.3 is 30.8 Å². The van der Waals surface area contributed by atoms with E-state index in [0.717, 1.165) is 5.56 Å². The first-order chi connectivity index (χ1) is 22.0. The first-order valence-corrected chi connectivity index (χ1v) is 16.8. The van der Waals surface area contributed by atoms with Crippen molar-refractivity contribution in [2.45, 2.75) is 64.1 Å². The summed E-state index contributed by atoms with van der Waals surface area (Å²) in [4.78, 5) is 44.8. The summed E-state index contributed by atoms with van der Waals surface area (Å²) in [7, 11) is -1.32. The van der Waals surface area contributed by atoms with Crippen molar-refractivity contribution in [2.24, 2.45) is 11.3 Å². The van der Waals surface area contributed by atoms with Crippen LogP contribution in [0.25, 0.3) is 11.0 Å². The number of nitrogens with one attached hydrogen (secondary N) is 5. The summed E-state index contributed by atoms with van der Waals surface area (Å²) in [5.74, 6) is -0.870. The van der Waals surface area contributed by atoms with E-state index in [2.05, 4.69) is 36.0 Å². The minimum absolute atomic E-state index is 0. The molecule has 2 aromatic carbocycles. The molecule has 6 N–H and O–H groups in total. The number of nitrogens with zero attached hydrogens (tertiary/aromatic N) is 2. The average Bonchev–Trinajstić information content (AvgIpc) is 3.40. The molecule has 0 radical (unpaired) electrons. The Hall–Kier alpha value is -4.05. The number of likely N-dealkylation sites (N-methyl/N-ethyl adjacent to an activating group) is 1. The van der Waals surface area contributed by atoms with Crippen LogP contribution in [0.1, 0.15) is 41.6 Å². The van der Waals surface area contributed by atoms with Crippen LogP contribution in [0.5, 0.6) is 0 Å². The fourth-order valence-corrected chi connectivity index (χ4v) is 6.63. The molecule has 0 spiro atoms. The number of aromatic amines is 1. The van der Waals surface area contributed by atoms with E-state index >= 15 is 0 Å². The van der Waals surface area contributed by atoms with Crippen LogP contribution in [0.4, 0.5) is 10.7 Å². The first kappa shape index (κ1) is 37.4. The van der Waals surface area contributed by atoms with Gasteiger partial charge in [0.25, 0.3) is 0 Å². The van der Waals surface area contributed by atoms with Crippen molar-refractivity contribution in [3.05, 3.63) is 54.1 Å². The maximum atomic E-state index is 14.1. The highest BCUT2D eigenvalue weighted by Gasteiger charge is 2.36. The second-order valence-electron chi connectivity index (χ2n) is 12.9. The second kappa shape index (κ2) is 16.2. The number of anilines is 1. The molecule has 3 aromatic rings. The predicted octanol–water partition coefficient (Wildman–Crippen LogP) is 2.47. The van der Waals surface area contributed by atoms with Crippen LogP contribution in [0, 0.1) is 11.3 Å². The van der Waals surface area contributed by atoms with E-state index in [4.69, 9.17) is 0 Å². The molecule has 260 valence electrons. The maximum absolute atomic E-state index is 14.1. The number of carbonyl (C=O) groups excluding carboxylic acids is 3. The lowest BCUT2D eigenvalue weighted by Gasteiger charge is -2.34. The normalized spacial score (nSPS) is 14.1. The van der Waals surface area contributed by atoms with Gasteiger partial charge in [-0.25, -0.2) is 18.2 Å². The summed E-state index contributed by atoms with van der Waals surface area (Å²) in [6, 6.07) is 11.7. The Balaban J connectivity index is 0.00000800. The molecular weight excluding hydrogens is 626 g/mol. The van der Waals surface area contributed by atoms with Gasteiger partial charge in [0.15, 0.2) is 0 Å². The molecule has 3 atom stereocenters. The van der Waals surface area contributed by atoms with E-state index in [-0.39, 0.29) is 50.2 Å². The quantitative estimate of drug-likeness (QED) is 0.140. The molecule has 1 heterocycles. The number of rotatable bonds is 15. The van der Waals surface area contributed by atoms with E-state index in [1.165, 1.54) is 29.6 Å². The third-order valence-electron chi connectivity index (χ3n) is 7.32. The summed E-state index contributed by atoms with van der Waals surface area (Å²) in [5, 5.41) is 22.5. The number of aliphatic hydroxyl groups is 1. The number of amides is 3. The number of hydrogen-bond donors (Lipinski definition) is 6. The molecule has 15 heteroatoms. The Morgan fingerprint density at radius 3 is 2.34 bits per heavy atom. The van der Waals surface area contributed by atoms with Gasteiger partial charge in [-0.3, -0.25) is 14.9 Å². The van der Waals surface area contributed by atoms with Gasteiger partial charge in [0.05, 0.1) is 41.7 Å². The highest BCUT2D eigenvalue weighted by atomic mass is 32.2. The zero-order chi connectivity index (χ0) is 34.9. The molecular formula is C32H49N7O7S. The van der Waals surface area contributed by atoms with E-state index in [0.29, 0.717) is 11.0 Å². The standard InChI is InChI=1S/C32H47N7O7S.H2/c1-20(2)18-39(47(44,45)22-13-14-23-24(16-22)36-30(35-23)38-31(43)46-7)19-26(40)25(15-21-11-9-8-10-12-21)34-29(42)28(32(3,4)5)37-27(41)17-33-6;/h8-14,16,20,25-26,28,33,40H,15,17-19H2,1-7H3,(H,34,42)(H,37,41)(H2,35,36,38,43);1H/t25-,26+,28+;/m0./s1. The monoisotopic (exact) mass is 675 g/mol. The van der Waals surface area contributed by atoms with Crippen molar-refractivity contribution in [1.29, 1.82) is 0 Å². The van der Waals surface area contributed by atoms with E-state index in [1.807, 2.05) is 65.0 Å². The van der Waals surface area contributed by atoms with Crippen LogP contribution < -0.4 is 21.3 Å². The van der Waals surface area contributed by atoms with Crippen molar-refractivity contribution < 1.29 is 34.1 Å². The molecule has 0 aliphatic heterocycles. The number of sulfonamides is 1. The largest absolute Gasteiger partial charge is 0.453 e. The summed E-state index contributed by atoms with van der Waals surface area (Å²) in [6.45, 7) is 8.98. The third-order valence-corrected chi connectivity index (χ3v) is 9.15. The topological polar surface area (TPSA) is 195 Å². The lowest BCUT2D eigenvalue weighted by atomic mass is 9.85. The molecule has 14 nitrogen and oxygen atoms in total. The average molecular weight is 676 g/mol. The number of aliphatic hydroxyl groups excluding tert-OH is 1. The number of carbonyl (C=O) groups is 3. The van der Waals surface area contributed by atoms with E-state index < -0.39 is 45.6 Å². The molecule has 0 saturated carbocycles. The van der Waals surface area contributed by atoms with E-state index in [9.17, 15) is 27.9 Å². The summed E-state index contributed by atoms with van der Waals surface area (Å²) < 4.78 is 33.9. The van der Waals surface area contributed by atoms with Crippen molar-refractivity contribution >= 4 is 44.9 Å². The highest BCUT2D eigenvalue weighted by Crippen LogP contribution is 2.24. The van der Waals surface area contributed by atoms with Gasteiger partial charge in [0, 0.05) is 14.5 Å². The first-order valence-electron chi connectivity index (χ1n) is 15.4. The SMILES string of the molecule is CNCC(=O)N[C@H](C(=O)N[C@@H](Cc1ccccc1)[C@H](O)CN(CC(C)C)S(=O)(=O)c1ccc2nc(NC(=O)OC)[nH]c2c1)C(C)(C)C.[HH]. The Bertz CT molecular complexity index is 1630. The molecule has 0 aliphatic carbocycles. The Morgan fingerprint density at radius 1 is 1.06 bits per heavy atom.